The van der Waals surface area contributed by atoms with E-state index in [0.29, 0.717) is 6.61 Å². The zero-order valence-electron chi connectivity index (χ0n) is 10.4. The highest BCUT2D eigenvalue weighted by Gasteiger charge is 2.05. The highest BCUT2D eigenvalue weighted by molar-refractivity contribution is 5.92. The van der Waals surface area contributed by atoms with E-state index < -0.39 is 11.8 Å². The second-order valence-corrected chi connectivity index (χ2v) is 3.59. The summed E-state index contributed by atoms with van der Waals surface area (Å²) >= 11 is 0. The number of rotatable bonds is 6. The van der Waals surface area contributed by atoms with Crippen LogP contribution in [0.4, 0.5) is 10.1 Å². The molecule has 19 heavy (non-hydrogen) atoms. The minimum atomic E-state index is -1.16. The topological polar surface area (TPSA) is 75.6 Å². The Labute approximate surface area is 109 Å². The molecule has 0 radical (unpaired) electrons. The Morgan fingerprint density at radius 2 is 2.21 bits per heavy atom. The van der Waals surface area contributed by atoms with E-state index in [9.17, 15) is 14.0 Å². The summed E-state index contributed by atoms with van der Waals surface area (Å²) in [6.45, 7) is 2.08. The Hall–Kier alpha value is -2.21. The predicted octanol–water partition coefficient (Wildman–Crippen LogP) is 1.90. The highest BCUT2D eigenvalue weighted by Crippen LogP contribution is 2.15. The van der Waals surface area contributed by atoms with Crippen LogP contribution >= 0.6 is 0 Å². The number of aliphatic carboxylic acids is 1. The van der Waals surface area contributed by atoms with Gasteiger partial charge in [-0.15, -0.1) is 0 Å². The lowest BCUT2D eigenvalue weighted by Crippen LogP contribution is -2.18. The fourth-order valence-corrected chi connectivity index (χ4v) is 1.29. The monoisotopic (exact) mass is 267 g/mol. The molecule has 6 heteroatoms. The molecule has 0 aliphatic heterocycles. The minimum Gasteiger partial charge on any atom is -0.478 e. The Kier molecular flexibility index (Phi) is 5.69. The maximum atomic E-state index is 13.6. The van der Waals surface area contributed by atoms with Crippen molar-refractivity contribution in [1.29, 1.82) is 0 Å². The number of benzene rings is 1. The maximum absolute atomic E-state index is 13.6. The van der Waals surface area contributed by atoms with Gasteiger partial charge in [-0.05, 0) is 31.2 Å². The number of amides is 1. The number of carboxylic acids is 1. The number of carbonyl (C=O) groups excluding carboxylic acids is 1. The van der Waals surface area contributed by atoms with Gasteiger partial charge in [0.1, 0.15) is 12.4 Å². The zero-order valence-corrected chi connectivity index (χ0v) is 10.4. The van der Waals surface area contributed by atoms with Crippen LogP contribution in [-0.4, -0.2) is 30.2 Å². The zero-order chi connectivity index (χ0) is 14.3. The number of ether oxygens (including phenoxy) is 1. The van der Waals surface area contributed by atoms with Crippen LogP contribution in [0, 0.1) is 5.82 Å². The second kappa shape index (κ2) is 7.27. The van der Waals surface area contributed by atoms with Crippen LogP contribution in [0.3, 0.4) is 0 Å². The summed E-state index contributed by atoms with van der Waals surface area (Å²) in [6.07, 6.45) is 1.98. The van der Waals surface area contributed by atoms with Gasteiger partial charge in [0.2, 0.25) is 5.91 Å². The molecule has 5 nitrogen and oxygen atoms in total. The van der Waals surface area contributed by atoms with Gasteiger partial charge in [-0.2, -0.15) is 0 Å². The van der Waals surface area contributed by atoms with Crippen LogP contribution in [-0.2, 0) is 14.3 Å². The molecule has 0 aliphatic carbocycles. The first kappa shape index (κ1) is 14.8. The third kappa shape index (κ3) is 5.31. The van der Waals surface area contributed by atoms with Crippen molar-refractivity contribution in [2.24, 2.45) is 0 Å². The van der Waals surface area contributed by atoms with Crippen LogP contribution in [0.1, 0.15) is 12.5 Å². The second-order valence-electron chi connectivity index (χ2n) is 3.59. The first-order chi connectivity index (χ1) is 9.02. The molecule has 0 saturated heterocycles. The van der Waals surface area contributed by atoms with Crippen molar-refractivity contribution < 1.29 is 23.8 Å². The normalized spacial score (nSPS) is 10.6. The molecule has 0 saturated carbocycles. The van der Waals surface area contributed by atoms with Crippen molar-refractivity contribution in [1.82, 2.24) is 0 Å². The van der Waals surface area contributed by atoms with E-state index in [1.807, 2.05) is 0 Å². The first-order valence-electron chi connectivity index (χ1n) is 5.61. The number of hydrogen-bond acceptors (Lipinski definition) is 3. The average molecular weight is 267 g/mol. The van der Waals surface area contributed by atoms with E-state index in [-0.39, 0.29) is 23.8 Å². The summed E-state index contributed by atoms with van der Waals surface area (Å²) in [6, 6.07) is 3.98. The molecule has 1 rings (SSSR count). The number of anilines is 1. The standard InChI is InChI=1S/C13H14FNO4/c1-2-19-8-12(16)15-10-5-3-9(11(14)7-10)4-6-13(17)18/h3-7H,2,8H2,1H3,(H,15,16)(H,17,18). The fraction of sp³-hybridized carbons (Fsp3) is 0.231. The number of nitrogens with one attached hydrogen (secondary N) is 1. The average Bonchev–Trinajstić information content (AvgIpc) is 2.35. The molecule has 0 aromatic heterocycles. The molecule has 102 valence electrons. The van der Waals surface area contributed by atoms with Gasteiger partial charge in [0, 0.05) is 23.9 Å². The largest absolute Gasteiger partial charge is 0.478 e. The van der Waals surface area contributed by atoms with Crippen LogP contribution in [0.15, 0.2) is 24.3 Å². The lowest BCUT2D eigenvalue weighted by Gasteiger charge is -2.06. The van der Waals surface area contributed by atoms with Gasteiger partial charge in [-0.25, -0.2) is 9.18 Å². The third-order valence-corrected chi connectivity index (χ3v) is 2.13. The Bertz CT molecular complexity index is 499. The molecule has 0 atom stereocenters. The van der Waals surface area contributed by atoms with E-state index in [2.05, 4.69) is 5.32 Å². The minimum absolute atomic E-state index is 0.0984. The Morgan fingerprint density at radius 1 is 1.47 bits per heavy atom. The fourth-order valence-electron chi connectivity index (χ4n) is 1.29. The van der Waals surface area contributed by atoms with Gasteiger partial charge >= 0.3 is 5.97 Å². The molecule has 0 unspecified atom stereocenters. The summed E-state index contributed by atoms with van der Waals surface area (Å²) < 4.78 is 18.5. The summed E-state index contributed by atoms with van der Waals surface area (Å²) in [5, 5.41) is 10.9. The van der Waals surface area contributed by atoms with Crippen molar-refractivity contribution in [3.8, 4) is 0 Å². The van der Waals surface area contributed by atoms with Crippen molar-refractivity contribution >= 4 is 23.6 Å². The molecule has 1 amide bonds. The van der Waals surface area contributed by atoms with Crippen molar-refractivity contribution in [3.05, 3.63) is 35.7 Å². The van der Waals surface area contributed by atoms with Crippen molar-refractivity contribution in [3.63, 3.8) is 0 Å². The molecule has 1 aromatic carbocycles. The Morgan fingerprint density at radius 3 is 2.79 bits per heavy atom. The first-order valence-corrected chi connectivity index (χ1v) is 5.61. The Balaban J connectivity index is 2.71. The van der Waals surface area contributed by atoms with Gasteiger partial charge < -0.3 is 15.2 Å². The summed E-state index contributed by atoms with van der Waals surface area (Å²) in [4.78, 5) is 21.6. The van der Waals surface area contributed by atoms with E-state index in [1.54, 1.807) is 6.92 Å². The number of halogens is 1. The number of carbonyl (C=O) groups is 2. The van der Waals surface area contributed by atoms with Gasteiger partial charge in [-0.3, -0.25) is 4.79 Å². The lowest BCUT2D eigenvalue weighted by atomic mass is 10.1. The highest BCUT2D eigenvalue weighted by atomic mass is 19.1. The molecule has 0 heterocycles. The molecule has 2 N–H and O–H groups in total. The molecule has 0 bridgehead atoms. The van der Waals surface area contributed by atoms with E-state index in [4.69, 9.17) is 9.84 Å². The summed E-state index contributed by atoms with van der Waals surface area (Å²) in [7, 11) is 0. The number of hydrogen-bond donors (Lipinski definition) is 2. The lowest BCUT2D eigenvalue weighted by molar-refractivity contribution is -0.131. The third-order valence-electron chi connectivity index (χ3n) is 2.13. The molecule has 0 spiro atoms. The predicted molar refractivity (Wildman–Crippen MR) is 68.2 cm³/mol. The van der Waals surface area contributed by atoms with Crippen LogP contribution < -0.4 is 5.32 Å². The molecule has 0 fully saturated rings. The van der Waals surface area contributed by atoms with Gasteiger partial charge in [0.25, 0.3) is 0 Å². The van der Waals surface area contributed by atoms with Crippen molar-refractivity contribution in [2.45, 2.75) is 6.92 Å². The van der Waals surface area contributed by atoms with Gasteiger partial charge in [0.05, 0.1) is 0 Å². The van der Waals surface area contributed by atoms with E-state index in [0.717, 1.165) is 18.2 Å². The summed E-state index contributed by atoms with van der Waals surface area (Å²) in [5.74, 6) is -2.16. The SMILES string of the molecule is CCOCC(=O)Nc1ccc(C=CC(=O)O)c(F)c1. The van der Waals surface area contributed by atoms with Crippen molar-refractivity contribution in [2.75, 3.05) is 18.5 Å². The quantitative estimate of drug-likeness (QED) is 0.772. The van der Waals surface area contributed by atoms with E-state index >= 15 is 0 Å². The van der Waals surface area contributed by atoms with Gasteiger partial charge in [-0.1, -0.05) is 0 Å². The van der Waals surface area contributed by atoms with Crippen LogP contribution in [0.5, 0.6) is 0 Å². The summed E-state index contributed by atoms with van der Waals surface area (Å²) in [5.41, 5.74) is 0.417. The molecule has 1 aromatic rings. The molecular weight excluding hydrogens is 253 g/mol. The van der Waals surface area contributed by atoms with E-state index in [1.165, 1.54) is 12.1 Å². The number of carboxylic acid groups (broad SMARTS) is 1. The van der Waals surface area contributed by atoms with Crippen LogP contribution in [0.25, 0.3) is 6.08 Å². The molecular formula is C13H14FNO4. The maximum Gasteiger partial charge on any atom is 0.328 e. The molecule has 0 aliphatic rings. The van der Waals surface area contributed by atoms with Gasteiger partial charge in [0.15, 0.2) is 0 Å². The van der Waals surface area contributed by atoms with Crippen LogP contribution in [0.2, 0.25) is 0 Å². The smallest absolute Gasteiger partial charge is 0.328 e.